The third-order valence-corrected chi connectivity index (χ3v) is 9.43. The molecule has 0 saturated heterocycles. The lowest BCUT2D eigenvalue weighted by molar-refractivity contribution is 1.63. The van der Waals surface area contributed by atoms with Crippen LogP contribution in [0.5, 0.6) is 0 Å². The predicted molar refractivity (Wildman–Crippen MR) is 198 cm³/mol. The minimum absolute atomic E-state index is 1.23. The van der Waals surface area contributed by atoms with Crippen molar-refractivity contribution in [3.63, 3.8) is 0 Å². The van der Waals surface area contributed by atoms with Crippen LogP contribution in [0, 0.1) is 0 Å². The van der Waals surface area contributed by atoms with Crippen LogP contribution in [0.4, 0.5) is 0 Å². The number of hydrogen-bond acceptors (Lipinski definition) is 0. The Morgan fingerprint density at radius 2 is 0.717 bits per heavy atom. The number of benzene rings is 9. The van der Waals surface area contributed by atoms with Gasteiger partial charge in [-0.05, 0) is 106 Å². The van der Waals surface area contributed by atoms with E-state index >= 15 is 0 Å². The molecule has 0 fully saturated rings. The van der Waals surface area contributed by atoms with Gasteiger partial charge in [0.05, 0.1) is 0 Å². The largest absolute Gasteiger partial charge is 0.0622 e. The van der Waals surface area contributed by atoms with Gasteiger partial charge in [-0.3, -0.25) is 0 Å². The first-order valence-electron chi connectivity index (χ1n) is 15.9. The molecular formula is C46H30. The van der Waals surface area contributed by atoms with Gasteiger partial charge >= 0.3 is 0 Å². The van der Waals surface area contributed by atoms with E-state index in [-0.39, 0.29) is 0 Å². The molecule has 0 heterocycles. The van der Waals surface area contributed by atoms with Crippen LogP contribution in [-0.4, -0.2) is 0 Å². The van der Waals surface area contributed by atoms with Crippen LogP contribution in [0.15, 0.2) is 182 Å². The Morgan fingerprint density at radius 1 is 0.217 bits per heavy atom. The molecule has 0 aromatic heterocycles. The zero-order chi connectivity index (χ0) is 30.5. The third kappa shape index (κ3) is 4.30. The summed E-state index contributed by atoms with van der Waals surface area (Å²) in [7, 11) is 0. The molecule has 0 radical (unpaired) electrons. The minimum Gasteiger partial charge on any atom is -0.0622 e. The van der Waals surface area contributed by atoms with E-state index in [2.05, 4.69) is 182 Å². The molecule has 0 nitrogen and oxygen atoms in total. The quantitative estimate of drug-likeness (QED) is 0.181. The molecule has 9 aromatic rings. The van der Waals surface area contributed by atoms with Crippen LogP contribution in [0.25, 0.3) is 87.6 Å². The number of rotatable bonds is 4. The summed E-state index contributed by atoms with van der Waals surface area (Å²) < 4.78 is 0. The standard InChI is InChI=1S/C46H30/c1-3-14-31(15-4-1)34-27-26-33-19-13-25-42(43(33)29-34)45-38-21-9-11-23-40(38)46(41-24-12-10-22-39(41)45)44-30-36(32-16-5-2-6-17-32)28-35-18-7-8-20-37(35)44/h1-30H. The maximum Gasteiger partial charge on any atom is -0.00199 e. The Morgan fingerprint density at radius 3 is 1.35 bits per heavy atom. The van der Waals surface area contributed by atoms with E-state index in [4.69, 9.17) is 0 Å². The van der Waals surface area contributed by atoms with Crippen molar-refractivity contribution in [1.29, 1.82) is 0 Å². The highest BCUT2D eigenvalue weighted by Crippen LogP contribution is 2.47. The zero-order valence-corrected chi connectivity index (χ0v) is 25.3. The van der Waals surface area contributed by atoms with E-state index in [9.17, 15) is 0 Å². The molecule has 46 heavy (non-hydrogen) atoms. The Hall–Kier alpha value is -5.98. The van der Waals surface area contributed by atoms with E-state index in [1.165, 1.54) is 87.6 Å². The fourth-order valence-electron chi connectivity index (χ4n) is 7.32. The Labute approximate surface area is 268 Å². The van der Waals surface area contributed by atoms with Gasteiger partial charge in [0, 0.05) is 0 Å². The third-order valence-electron chi connectivity index (χ3n) is 9.43. The predicted octanol–water partition coefficient (Wildman–Crippen LogP) is 13.0. The van der Waals surface area contributed by atoms with Crippen molar-refractivity contribution >= 4 is 43.1 Å². The van der Waals surface area contributed by atoms with Crippen LogP contribution in [0.1, 0.15) is 0 Å². The van der Waals surface area contributed by atoms with Gasteiger partial charge in [0.1, 0.15) is 0 Å². The van der Waals surface area contributed by atoms with Gasteiger partial charge < -0.3 is 0 Å². The Bertz CT molecular complexity index is 2500. The average molecular weight is 583 g/mol. The Kier molecular flexibility index (Phi) is 6.25. The molecule has 0 bridgehead atoms. The van der Waals surface area contributed by atoms with Gasteiger partial charge in [-0.1, -0.05) is 164 Å². The smallest absolute Gasteiger partial charge is 0.00199 e. The highest BCUT2D eigenvalue weighted by molar-refractivity contribution is 6.25. The van der Waals surface area contributed by atoms with Crippen molar-refractivity contribution in [2.24, 2.45) is 0 Å². The molecule has 9 aromatic carbocycles. The first-order chi connectivity index (χ1) is 22.8. The van der Waals surface area contributed by atoms with Crippen molar-refractivity contribution in [3.8, 4) is 44.5 Å². The lowest BCUT2D eigenvalue weighted by Crippen LogP contribution is -1.93. The molecule has 0 amide bonds. The molecule has 214 valence electrons. The van der Waals surface area contributed by atoms with Crippen molar-refractivity contribution in [2.75, 3.05) is 0 Å². The molecular weight excluding hydrogens is 553 g/mol. The summed E-state index contributed by atoms with van der Waals surface area (Å²) in [5, 5.41) is 10.1. The molecule has 0 N–H and O–H groups in total. The monoisotopic (exact) mass is 582 g/mol. The highest BCUT2D eigenvalue weighted by atomic mass is 14.2. The maximum absolute atomic E-state index is 2.40. The second-order valence-electron chi connectivity index (χ2n) is 12.1. The Balaban J connectivity index is 1.39. The first kappa shape index (κ1) is 26.4. The topological polar surface area (TPSA) is 0 Å². The van der Waals surface area contributed by atoms with E-state index in [1.54, 1.807) is 0 Å². The SMILES string of the molecule is c1ccc(-c2cc(-c3c4ccccc4c(-c4cccc5ccc(-c6ccccc6)cc45)c4ccccc34)c3ccccc3c2)cc1. The van der Waals surface area contributed by atoms with Crippen LogP contribution in [-0.2, 0) is 0 Å². The fourth-order valence-corrected chi connectivity index (χ4v) is 7.32. The van der Waals surface area contributed by atoms with E-state index < -0.39 is 0 Å². The molecule has 0 aliphatic heterocycles. The van der Waals surface area contributed by atoms with Crippen molar-refractivity contribution in [1.82, 2.24) is 0 Å². The maximum atomic E-state index is 2.40. The second kappa shape index (κ2) is 10.9. The second-order valence-corrected chi connectivity index (χ2v) is 12.1. The fraction of sp³-hybridized carbons (Fsp3) is 0. The summed E-state index contributed by atoms with van der Waals surface area (Å²) in [4.78, 5) is 0. The van der Waals surface area contributed by atoms with Gasteiger partial charge in [0.15, 0.2) is 0 Å². The summed E-state index contributed by atoms with van der Waals surface area (Å²) in [6.45, 7) is 0. The van der Waals surface area contributed by atoms with Crippen LogP contribution < -0.4 is 0 Å². The average Bonchev–Trinajstić information content (AvgIpc) is 3.14. The van der Waals surface area contributed by atoms with Crippen molar-refractivity contribution < 1.29 is 0 Å². The summed E-state index contributed by atoms with van der Waals surface area (Å²) in [6.07, 6.45) is 0. The van der Waals surface area contributed by atoms with Crippen LogP contribution in [0.3, 0.4) is 0 Å². The number of hydrogen-bond donors (Lipinski definition) is 0. The highest BCUT2D eigenvalue weighted by Gasteiger charge is 2.20. The van der Waals surface area contributed by atoms with Crippen molar-refractivity contribution in [2.45, 2.75) is 0 Å². The first-order valence-corrected chi connectivity index (χ1v) is 15.9. The van der Waals surface area contributed by atoms with E-state index in [0.717, 1.165) is 0 Å². The molecule has 0 saturated carbocycles. The molecule has 0 aliphatic rings. The molecule has 0 heteroatoms. The van der Waals surface area contributed by atoms with Gasteiger partial charge in [0.2, 0.25) is 0 Å². The molecule has 0 aliphatic carbocycles. The summed E-state index contributed by atoms with van der Waals surface area (Å²) in [5.41, 5.74) is 10.0. The van der Waals surface area contributed by atoms with Gasteiger partial charge in [0.25, 0.3) is 0 Å². The molecule has 0 atom stereocenters. The van der Waals surface area contributed by atoms with Crippen molar-refractivity contribution in [3.05, 3.63) is 182 Å². The van der Waals surface area contributed by atoms with Crippen LogP contribution >= 0.6 is 0 Å². The van der Waals surface area contributed by atoms with Gasteiger partial charge in [-0.15, -0.1) is 0 Å². The minimum atomic E-state index is 1.23. The lowest BCUT2D eigenvalue weighted by atomic mass is 9.83. The van der Waals surface area contributed by atoms with E-state index in [0.29, 0.717) is 0 Å². The lowest BCUT2D eigenvalue weighted by Gasteiger charge is -2.20. The van der Waals surface area contributed by atoms with Crippen LogP contribution in [0.2, 0.25) is 0 Å². The molecule has 9 rings (SSSR count). The van der Waals surface area contributed by atoms with E-state index in [1.807, 2.05) is 0 Å². The normalized spacial score (nSPS) is 11.5. The summed E-state index contributed by atoms with van der Waals surface area (Å²) >= 11 is 0. The number of fused-ring (bicyclic) bond motifs is 4. The van der Waals surface area contributed by atoms with Gasteiger partial charge in [-0.2, -0.15) is 0 Å². The summed E-state index contributed by atoms with van der Waals surface area (Å²) in [5.74, 6) is 0. The summed E-state index contributed by atoms with van der Waals surface area (Å²) in [6, 6.07) is 66.6. The molecule has 0 spiro atoms. The van der Waals surface area contributed by atoms with Gasteiger partial charge in [-0.25, -0.2) is 0 Å². The molecule has 0 unspecified atom stereocenters. The zero-order valence-electron chi connectivity index (χ0n) is 25.3.